The summed E-state index contributed by atoms with van der Waals surface area (Å²) >= 11 is 0. The second-order valence-electron chi connectivity index (χ2n) is 14.9. The first kappa shape index (κ1) is 51.8. The van der Waals surface area contributed by atoms with E-state index in [1.54, 1.807) is 14.2 Å². The summed E-state index contributed by atoms with van der Waals surface area (Å²) < 4.78 is 47.9. The maximum Gasteiger partial charge on any atom is 0.307 e. The predicted octanol–water partition coefficient (Wildman–Crippen LogP) is 1.68. The molecule has 0 aliphatic carbocycles. The van der Waals surface area contributed by atoms with Crippen molar-refractivity contribution in [2.75, 3.05) is 167 Å². The molecule has 0 aromatic heterocycles. The summed E-state index contributed by atoms with van der Waals surface area (Å²) in [6.45, 7) is 10.9. The van der Waals surface area contributed by atoms with E-state index in [0.717, 1.165) is 51.9 Å². The van der Waals surface area contributed by atoms with Gasteiger partial charge in [-0.2, -0.15) is 0 Å². The van der Waals surface area contributed by atoms with E-state index in [0.29, 0.717) is 117 Å². The van der Waals surface area contributed by atoms with Gasteiger partial charge in [-0.1, -0.05) is 0 Å². The third kappa shape index (κ3) is 26.7. The first-order valence-electron chi connectivity index (χ1n) is 21.3. The summed E-state index contributed by atoms with van der Waals surface area (Å²) in [5.41, 5.74) is 0. The van der Waals surface area contributed by atoms with Crippen molar-refractivity contribution < 1.29 is 61.8 Å². The molecule has 2 aliphatic heterocycles. The Morgan fingerprint density at radius 1 is 0.448 bits per heavy atom. The number of hydrogen-bond donors (Lipinski definition) is 0. The Hall–Kier alpha value is -2.32. The molecular weight excluding hydrogens is 756 g/mol. The van der Waals surface area contributed by atoms with Gasteiger partial charge in [-0.15, -0.1) is 0 Å². The minimum atomic E-state index is -0.291. The molecule has 0 amide bonds. The van der Waals surface area contributed by atoms with Gasteiger partial charge in [0.15, 0.2) is 0 Å². The molecule has 17 nitrogen and oxygen atoms in total. The van der Waals surface area contributed by atoms with Gasteiger partial charge in [0.1, 0.15) is 25.6 Å². The number of carbonyl (C=O) groups excluding carboxylic acids is 4. The van der Waals surface area contributed by atoms with Crippen LogP contribution in [0.2, 0.25) is 0 Å². The molecule has 2 heterocycles. The molecule has 58 heavy (non-hydrogen) atoms. The lowest BCUT2D eigenvalue weighted by atomic mass is 10.0. The monoisotopic (exact) mass is 833 g/mol. The number of Topliss-reactive ketones (excluding diaryl/α,β-unsaturated/α-hetero) is 1. The maximum atomic E-state index is 12.7. The van der Waals surface area contributed by atoms with E-state index in [-0.39, 0.29) is 69.4 Å². The van der Waals surface area contributed by atoms with E-state index in [2.05, 4.69) is 33.7 Å². The highest BCUT2D eigenvalue weighted by Crippen LogP contribution is 2.18. The number of nitrogens with zero attached hydrogens (tertiary/aromatic N) is 4. The Balaban J connectivity index is 1.48. The van der Waals surface area contributed by atoms with Gasteiger partial charge >= 0.3 is 17.9 Å². The SMILES string of the molecule is COCCOCCOC(=O)CCN(CCC(=O)CCCOCCOCCOCCOC(=O)CCN(CCC(=O)OCCOC)C1CCN(C)CC1)C1CCN(C)CC1. The molecule has 0 N–H and O–H groups in total. The summed E-state index contributed by atoms with van der Waals surface area (Å²) in [6.07, 6.45) is 6.36. The third-order valence-corrected chi connectivity index (χ3v) is 10.3. The molecule has 0 radical (unpaired) electrons. The van der Waals surface area contributed by atoms with Crippen molar-refractivity contribution >= 4 is 23.7 Å². The topological polar surface area (TPSA) is 164 Å². The number of ketones is 1. The van der Waals surface area contributed by atoms with E-state index in [1.807, 2.05) is 0 Å². The van der Waals surface area contributed by atoms with Crippen LogP contribution >= 0.6 is 0 Å². The molecule has 0 unspecified atom stereocenters. The zero-order valence-corrected chi connectivity index (χ0v) is 36.2. The zero-order valence-electron chi connectivity index (χ0n) is 36.2. The lowest BCUT2D eigenvalue weighted by molar-refractivity contribution is -0.147. The van der Waals surface area contributed by atoms with Gasteiger partial charge in [0.05, 0.1) is 78.7 Å². The largest absolute Gasteiger partial charge is 0.463 e. The van der Waals surface area contributed by atoms with Crippen LogP contribution in [-0.2, 0) is 61.8 Å². The van der Waals surface area contributed by atoms with Gasteiger partial charge in [0.25, 0.3) is 0 Å². The number of piperidine rings is 2. The van der Waals surface area contributed by atoms with Crippen molar-refractivity contribution in [1.29, 1.82) is 0 Å². The molecule has 338 valence electrons. The van der Waals surface area contributed by atoms with Crippen molar-refractivity contribution in [2.24, 2.45) is 0 Å². The van der Waals surface area contributed by atoms with Crippen molar-refractivity contribution in [3.05, 3.63) is 0 Å². The minimum Gasteiger partial charge on any atom is -0.463 e. The standard InChI is InChI=1S/C41H76N4O13/c1-42-15-7-36(8-16-42)44(20-12-40(48)57-34-31-53-26-24-50-3)19-11-38(46)6-5-23-52-27-28-54-29-30-55-32-35-58-41(49)14-22-45(37-9-17-43(2)18-10-37)21-13-39(47)56-33-25-51-4/h36-37H,5-35H2,1-4H3. The van der Waals surface area contributed by atoms with Gasteiger partial charge in [0, 0.05) is 71.9 Å². The molecule has 0 saturated carbocycles. The smallest absolute Gasteiger partial charge is 0.307 e. The summed E-state index contributed by atoms with van der Waals surface area (Å²) in [5, 5.41) is 0. The quantitative estimate of drug-likeness (QED) is 0.0509. The normalized spacial score (nSPS) is 16.0. The Morgan fingerprint density at radius 3 is 1.19 bits per heavy atom. The molecule has 0 bridgehead atoms. The Kier molecular flexibility index (Phi) is 30.7. The number of carbonyl (C=O) groups is 4. The molecule has 0 spiro atoms. The van der Waals surface area contributed by atoms with E-state index in [1.165, 1.54) is 0 Å². The van der Waals surface area contributed by atoms with Crippen LogP contribution in [-0.4, -0.2) is 222 Å². The van der Waals surface area contributed by atoms with Crippen molar-refractivity contribution in [2.45, 2.75) is 76.3 Å². The molecule has 2 fully saturated rings. The van der Waals surface area contributed by atoms with Crippen LogP contribution in [0, 0.1) is 0 Å². The number of esters is 3. The number of ether oxygens (including phenoxy) is 9. The first-order chi connectivity index (χ1) is 28.2. The summed E-state index contributed by atoms with van der Waals surface area (Å²) in [7, 11) is 7.40. The number of hydrogen-bond acceptors (Lipinski definition) is 17. The van der Waals surface area contributed by atoms with Crippen molar-refractivity contribution in [1.82, 2.24) is 19.6 Å². The van der Waals surface area contributed by atoms with Crippen molar-refractivity contribution in [3.8, 4) is 0 Å². The van der Waals surface area contributed by atoms with Gasteiger partial charge < -0.3 is 52.4 Å². The highest BCUT2D eigenvalue weighted by molar-refractivity contribution is 5.78. The van der Waals surface area contributed by atoms with Gasteiger partial charge in [-0.3, -0.25) is 29.0 Å². The minimum absolute atomic E-state index is 0.165. The molecule has 0 aromatic carbocycles. The van der Waals surface area contributed by atoms with Crippen LogP contribution in [0.5, 0.6) is 0 Å². The molecule has 2 rings (SSSR count). The van der Waals surface area contributed by atoms with Gasteiger partial charge in [-0.05, 0) is 72.4 Å². The van der Waals surface area contributed by atoms with E-state index in [9.17, 15) is 19.2 Å². The highest BCUT2D eigenvalue weighted by Gasteiger charge is 2.26. The average molecular weight is 833 g/mol. The average Bonchev–Trinajstić information content (AvgIpc) is 3.22. The third-order valence-electron chi connectivity index (χ3n) is 10.3. The Labute approximate surface area is 347 Å². The van der Waals surface area contributed by atoms with Gasteiger partial charge in [-0.25, -0.2) is 0 Å². The van der Waals surface area contributed by atoms with Crippen LogP contribution in [0.4, 0.5) is 0 Å². The Morgan fingerprint density at radius 2 is 0.776 bits per heavy atom. The molecule has 0 atom stereocenters. The molecule has 2 saturated heterocycles. The van der Waals surface area contributed by atoms with Gasteiger partial charge in [0.2, 0.25) is 0 Å². The fourth-order valence-corrected chi connectivity index (χ4v) is 6.81. The molecule has 17 heteroatoms. The van der Waals surface area contributed by atoms with E-state index >= 15 is 0 Å². The molecule has 2 aliphatic rings. The van der Waals surface area contributed by atoms with Crippen molar-refractivity contribution in [3.63, 3.8) is 0 Å². The predicted molar refractivity (Wildman–Crippen MR) is 217 cm³/mol. The maximum absolute atomic E-state index is 12.7. The summed E-state index contributed by atoms with van der Waals surface area (Å²) in [4.78, 5) is 58.7. The lowest BCUT2D eigenvalue weighted by Gasteiger charge is -2.37. The first-order valence-corrected chi connectivity index (χ1v) is 21.3. The second kappa shape index (κ2) is 34.4. The van der Waals surface area contributed by atoms with Crippen LogP contribution < -0.4 is 0 Å². The van der Waals surface area contributed by atoms with Crippen LogP contribution in [0.25, 0.3) is 0 Å². The number of methoxy groups -OCH3 is 2. The number of rotatable bonds is 36. The van der Waals surface area contributed by atoms with Crippen LogP contribution in [0.3, 0.4) is 0 Å². The Bertz CT molecular complexity index is 1070. The van der Waals surface area contributed by atoms with E-state index < -0.39 is 0 Å². The second-order valence-corrected chi connectivity index (χ2v) is 14.9. The van der Waals surface area contributed by atoms with E-state index in [4.69, 9.17) is 42.6 Å². The van der Waals surface area contributed by atoms with Crippen LogP contribution in [0.15, 0.2) is 0 Å². The molecule has 0 aromatic rings. The number of likely N-dealkylation sites (tertiary alicyclic amines) is 2. The summed E-state index contributed by atoms with van der Waals surface area (Å²) in [6, 6.07) is 0.668. The zero-order chi connectivity index (χ0) is 42.1. The fourth-order valence-electron chi connectivity index (χ4n) is 6.81. The van der Waals surface area contributed by atoms with Crippen LogP contribution in [0.1, 0.15) is 64.2 Å². The fraction of sp³-hybridized carbons (Fsp3) is 0.902. The summed E-state index contributed by atoms with van der Waals surface area (Å²) in [5.74, 6) is -0.614. The highest BCUT2D eigenvalue weighted by atomic mass is 16.6. The lowest BCUT2D eigenvalue weighted by Crippen LogP contribution is -2.45. The molecular formula is C41H76N4O13.